The second-order valence-corrected chi connectivity index (χ2v) is 9.85. The number of carbonyl (C=O) groups is 4. The zero-order valence-electron chi connectivity index (χ0n) is 23.4. The standard InChI is InChI=1S/C27H41N9O5/c1-3-16(2)22(28)25(39)35-20(13-18-14-31-15-33-18)24(38)34-19(10-7-11-32-27(29)30)23(37)36-21(26(40)41)12-17-8-5-4-6-9-17/h4-6,8-9,14-16,19-22H,3,7,10-13,28H2,1-2H3,(H,31,33)(H,34,38)(H,35,39)(H,36,37)(H,40,41)(H4,29,30,32)/t16-,19-,20-,21-,22-/m0/s1. The summed E-state index contributed by atoms with van der Waals surface area (Å²) in [4.78, 5) is 62.3. The van der Waals surface area contributed by atoms with Crippen molar-refractivity contribution in [3.63, 3.8) is 0 Å². The molecule has 0 spiro atoms. The zero-order chi connectivity index (χ0) is 30.4. The van der Waals surface area contributed by atoms with Crippen LogP contribution in [0.15, 0.2) is 47.8 Å². The fourth-order valence-corrected chi connectivity index (χ4v) is 3.97. The Labute approximate surface area is 238 Å². The van der Waals surface area contributed by atoms with Gasteiger partial charge in [0, 0.05) is 31.3 Å². The summed E-state index contributed by atoms with van der Waals surface area (Å²) >= 11 is 0. The molecule has 0 fully saturated rings. The first-order valence-electron chi connectivity index (χ1n) is 13.5. The molecular formula is C27H41N9O5. The lowest BCUT2D eigenvalue weighted by Crippen LogP contribution is -2.58. The zero-order valence-corrected chi connectivity index (χ0v) is 23.4. The third kappa shape index (κ3) is 11.3. The number of nitrogens with two attached hydrogens (primary N) is 3. The molecule has 0 aliphatic heterocycles. The Morgan fingerprint density at radius 3 is 2.20 bits per heavy atom. The Hall–Kier alpha value is -4.46. The number of H-pyrrole nitrogens is 1. The molecule has 1 aromatic heterocycles. The van der Waals surface area contributed by atoms with Crippen LogP contribution in [0.3, 0.4) is 0 Å². The number of hydrogen-bond donors (Lipinski definition) is 8. The van der Waals surface area contributed by atoms with Gasteiger partial charge in [0.1, 0.15) is 18.1 Å². The molecule has 2 aromatic rings. The SMILES string of the molecule is CC[C@H](C)[C@H](N)C(=O)N[C@@H](Cc1cnc[nH]1)C(=O)N[C@@H](CCCN=C(N)N)C(=O)N[C@@H](Cc1ccccc1)C(=O)O. The highest BCUT2D eigenvalue weighted by Crippen LogP contribution is 2.09. The highest BCUT2D eigenvalue weighted by molar-refractivity contribution is 5.94. The molecule has 14 heteroatoms. The van der Waals surface area contributed by atoms with Gasteiger partial charge in [-0.2, -0.15) is 0 Å². The molecule has 1 heterocycles. The van der Waals surface area contributed by atoms with E-state index in [9.17, 15) is 24.3 Å². The van der Waals surface area contributed by atoms with Crippen LogP contribution < -0.4 is 33.2 Å². The van der Waals surface area contributed by atoms with Gasteiger partial charge in [-0.1, -0.05) is 50.6 Å². The monoisotopic (exact) mass is 571 g/mol. The maximum absolute atomic E-state index is 13.5. The van der Waals surface area contributed by atoms with Gasteiger partial charge in [0.25, 0.3) is 0 Å². The molecule has 0 unspecified atom stereocenters. The van der Waals surface area contributed by atoms with Crippen molar-refractivity contribution in [1.82, 2.24) is 25.9 Å². The van der Waals surface area contributed by atoms with E-state index < -0.39 is 47.9 Å². The van der Waals surface area contributed by atoms with Crippen molar-refractivity contribution in [2.75, 3.05) is 6.54 Å². The van der Waals surface area contributed by atoms with Crippen LogP contribution in [0.2, 0.25) is 0 Å². The van der Waals surface area contributed by atoms with Crippen molar-refractivity contribution < 1.29 is 24.3 Å². The fourth-order valence-electron chi connectivity index (χ4n) is 3.97. The number of amides is 3. The first-order valence-corrected chi connectivity index (χ1v) is 13.5. The number of rotatable bonds is 17. The highest BCUT2D eigenvalue weighted by Gasteiger charge is 2.31. The number of carboxylic acids is 1. The van der Waals surface area contributed by atoms with E-state index in [0.29, 0.717) is 24.1 Å². The minimum absolute atomic E-state index is 0.0442. The average Bonchev–Trinajstić information content (AvgIpc) is 3.46. The Bertz CT molecular complexity index is 1150. The molecule has 11 N–H and O–H groups in total. The summed E-state index contributed by atoms with van der Waals surface area (Å²) in [6.07, 6.45) is 4.13. The van der Waals surface area contributed by atoms with E-state index >= 15 is 0 Å². The highest BCUT2D eigenvalue weighted by atomic mass is 16.4. The molecule has 0 saturated carbocycles. The van der Waals surface area contributed by atoms with Gasteiger partial charge >= 0.3 is 5.97 Å². The van der Waals surface area contributed by atoms with Crippen molar-refractivity contribution in [3.8, 4) is 0 Å². The van der Waals surface area contributed by atoms with Crippen LogP contribution in [0.25, 0.3) is 0 Å². The molecule has 0 aliphatic carbocycles. The number of aliphatic carboxylic acids is 1. The smallest absolute Gasteiger partial charge is 0.326 e. The lowest BCUT2D eigenvalue weighted by Gasteiger charge is -2.26. The molecule has 224 valence electrons. The Morgan fingerprint density at radius 1 is 0.976 bits per heavy atom. The Balaban J connectivity index is 2.23. The summed E-state index contributed by atoms with van der Waals surface area (Å²) in [5.74, 6) is -3.34. The minimum atomic E-state index is -1.24. The number of aromatic nitrogens is 2. The summed E-state index contributed by atoms with van der Waals surface area (Å²) in [6.45, 7) is 3.92. The van der Waals surface area contributed by atoms with Gasteiger partial charge in [-0.25, -0.2) is 9.78 Å². The number of carbonyl (C=O) groups excluding carboxylic acids is 3. The number of aromatic amines is 1. The molecule has 0 bridgehead atoms. The summed E-state index contributed by atoms with van der Waals surface area (Å²) < 4.78 is 0. The first-order chi connectivity index (χ1) is 19.5. The number of hydrogen-bond acceptors (Lipinski definition) is 7. The summed E-state index contributed by atoms with van der Waals surface area (Å²) in [7, 11) is 0. The van der Waals surface area contributed by atoms with Crippen LogP contribution in [-0.2, 0) is 32.0 Å². The van der Waals surface area contributed by atoms with E-state index in [-0.39, 0.29) is 37.7 Å². The van der Waals surface area contributed by atoms with Crippen molar-refractivity contribution >= 4 is 29.7 Å². The van der Waals surface area contributed by atoms with E-state index in [1.807, 2.05) is 13.8 Å². The van der Waals surface area contributed by atoms with E-state index in [4.69, 9.17) is 17.2 Å². The predicted octanol–water partition coefficient (Wildman–Crippen LogP) is -0.839. The third-order valence-electron chi connectivity index (χ3n) is 6.65. The minimum Gasteiger partial charge on any atom is -0.480 e. The Morgan fingerprint density at radius 2 is 1.61 bits per heavy atom. The normalized spacial score (nSPS) is 14.5. The average molecular weight is 572 g/mol. The van der Waals surface area contributed by atoms with Crippen LogP contribution in [-0.4, -0.2) is 75.4 Å². The third-order valence-corrected chi connectivity index (χ3v) is 6.65. The van der Waals surface area contributed by atoms with Gasteiger partial charge in [0.15, 0.2) is 5.96 Å². The van der Waals surface area contributed by atoms with E-state index in [0.717, 1.165) is 0 Å². The van der Waals surface area contributed by atoms with Crippen LogP contribution >= 0.6 is 0 Å². The van der Waals surface area contributed by atoms with Gasteiger partial charge in [-0.3, -0.25) is 19.4 Å². The number of imidazole rings is 1. The topological polar surface area (TPSA) is 244 Å². The molecule has 3 amide bonds. The molecule has 1 aromatic carbocycles. The maximum Gasteiger partial charge on any atom is 0.326 e. The molecule has 2 rings (SSSR count). The van der Waals surface area contributed by atoms with Crippen LogP contribution in [0, 0.1) is 5.92 Å². The second-order valence-electron chi connectivity index (χ2n) is 9.85. The number of aliphatic imine (C=N–C) groups is 1. The molecule has 5 atom stereocenters. The second kappa shape index (κ2) is 16.6. The van der Waals surface area contributed by atoms with E-state index in [1.54, 1.807) is 30.3 Å². The van der Waals surface area contributed by atoms with Crippen molar-refractivity contribution in [1.29, 1.82) is 0 Å². The van der Waals surface area contributed by atoms with Crippen LogP contribution in [0.5, 0.6) is 0 Å². The Kier molecular flexibility index (Phi) is 13.3. The van der Waals surface area contributed by atoms with E-state index in [1.165, 1.54) is 12.5 Å². The molecule has 14 nitrogen and oxygen atoms in total. The van der Waals surface area contributed by atoms with Gasteiger partial charge < -0.3 is 43.2 Å². The first kappa shape index (κ1) is 32.8. The lowest BCUT2D eigenvalue weighted by molar-refractivity contribution is -0.142. The van der Waals surface area contributed by atoms with Gasteiger partial charge in [0.2, 0.25) is 17.7 Å². The van der Waals surface area contributed by atoms with Crippen molar-refractivity contribution in [2.45, 2.75) is 70.1 Å². The van der Waals surface area contributed by atoms with Gasteiger partial charge in [-0.15, -0.1) is 0 Å². The number of nitrogens with zero attached hydrogens (tertiary/aromatic N) is 2. The lowest BCUT2D eigenvalue weighted by atomic mass is 9.98. The van der Waals surface area contributed by atoms with Gasteiger partial charge in [-0.05, 0) is 24.3 Å². The predicted molar refractivity (Wildman–Crippen MR) is 153 cm³/mol. The van der Waals surface area contributed by atoms with Gasteiger partial charge in [0.05, 0.1) is 12.4 Å². The number of benzene rings is 1. The van der Waals surface area contributed by atoms with Crippen LogP contribution in [0.1, 0.15) is 44.4 Å². The van der Waals surface area contributed by atoms with Crippen molar-refractivity contribution in [2.24, 2.45) is 28.1 Å². The van der Waals surface area contributed by atoms with Crippen molar-refractivity contribution in [3.05, 3.63) is 54.1 Å². The summed E-state index contributed by atoms with van der Waals surface area (Å²) in [5, 5.41) is 17.6. The number of nitrogens with one attached hydrogen (secondary N) is 4. The maximum atomic E-state index is 13.5. The quantitative estimate of drug-likeness (QED) is 0.0669. The van der Waals surface area contributed by atoms with Crippen LogP contribution in [0.4, 0.5) is 0 Å². The number of guanidine groups is 1. The molecule has 0 aliphatic rings. The summed E-state index contributed by atoms with van der Waals surface area (Å²) in [5.41, 5.74) is 18.1. The fraction of sp³-hybridized carbons (Fsp3) is 0.481. The van der Waals surface area contributed by atoms with E-state index in [2.05, 4.69) is 30.9 Å². The molecule has 0 saturated heterocycles. The summed E-state index contributed by atoms with van der Waals surface area (Å²) in [6, 6.07) is 4.53. The molecular weight excluding hydrogens is 530 g/mol. The largest absolute Gasteiger partial charge is 0.480 e. The molecule has 0 radical (unpaired) electrons. The number of carboxylic acid groups (broad SMARTS) is 1. The molecule has 41 heavy (non-hydrogen) atoms.